The lowest BCUT2D eigenvalue weighted by molar-refractivity contribution is 0.562. The lowest BCUT2D eigenvalue weighted by Gasteiger charge is -2.08. The van der Waals surface area contributed by atoms with Gasteiger partial charge in [0.05, 0.1) is 5.75 Å². The number of alkyl halides is 3. The van der Waals surface area contributed by atoms with Crippen molar-refractivity contribution in [3.8, 4) is 0 Å². The molecule has 0 rings (SSSR count). The van der Waals surface area contributed by atoms with Gasteiger partial charge in [-0.25, -0.2) is 4.21 Å². The van der Waals surface area contributed by atoms with Crippen molar-refractivity contribution in [3.05, 3.63) is 0 Å². The van der Waals surface area contributed by atoms with Gasteiger partial charge in [-0.2, -0.15) is 0 Å². The molecule has 0 amide bonds. The minimum atomic E-state index is -1.70. The van der Waals surface area contributed by atoms with Crippen molar-refractivity contribution < 1.29 is 8.76 Å². The molecule has 0 radical (unpaired) electrons. The molecule has 9 heavy (non-hydrogen) atoms. The summed E-state index contributed by atoms with van der Waals surface area (Å²) >= 11 is 7.88. The van der Waals surface area contributed by atoms with Crippen LogP contribution in [0.25, 0.3) is 0 Å². The molecule has 0 bridgehead atoms. The molecule has 0 aliphatic rings. The van der Waals surface area contributed by atoms with Crippen LogP contribution in [-0.2, 0) is 11.1 Å². The topological polar surface area (TPSA) is 37.3 Å². The molecular formula is C3H5Br3O2S. The summed E-state index contributed by atoms with van der Waals surface area (Å²) in [6, 6.07) is 0. The van der Waals surface area contributed by atoms with Crippen LogP contribution < -0.4 is 0 Å². The number of halogens is 3. The van der Waals surface area contributed by atoms with E-state index in [2.05, 4.69) is 47.8 Å². The van der Waals surface area contributed by atoms with E-state index in [-0.39, 0.29) is 7.90 Å². The summed E-state index contributed by atoms with van der Waals surface area (Å²) in [7, 11) is 0. The van der Waals surface area contributed by atoms with Crippen LogP contribution in [0.2, 0.25) is 0 Å². The molecule has 0 heterocycles. The first-order chi connectivity index (χ1) is 3.92. The number of hydrogen-bond donors (Lipinski definition) is 1. The zero-order valence-corrected chi connectivity index (χ0v) is 9.89. The molecule has 0 saturated heterocycles. The molecule has 1 atom stereocenters. The smallest absolute Gasteiger partial charge is 0.152 e. The third-order valence-electron chi connectivity index (χ3n) is 0.560. The van der Waals surface area contributed by atoms with Crippen molar-refractivity contribution >= 4 is 58.9 Å². The molecule has 1 N–H and O–H groups in total. The van der Waals surface area contributed by atoms with Crippen LogP contribution >= 0.6 is 47.8 Å². The Balaban J connectivity index is 3.39. The monoisotopic (exact) mass is 342 g/mol. The van der Waals surface area contributed by atoms with E-state index in [1.165, 1.54) is 0 Å². The Labute approximate surface area is 81.4 Å². The highest BCUT2D eigenvalue weighted by molar-refractivity contribution is 9.39. The van der Waals surface area contributed by atoms with Crippen LogP contribution in [0.15, 0.2) is 0 Å². The standard InChI is InChI=1S/C3H5Br3O2S/c4-3(5,6)1-2-9(7)8/h1-2H2,(H,7,8). The Bertz CT molecular complexity index is 110. The van der Waals surface area contributed by atoms with E-state index in [0.29, 0.717) is 6.42 Å². The van der Waals surface area contributed by atoms with Crippen LogP contribution in [0.5, 0.6) is 0 Å². The first-order valence-corrected chi connectivity index (χ1v) is 5.71. The van der Waals surface area contributed by atoms with Crippen molar-refractivity contribution in [1.82, 2.24) is 0 Å². The summed E-state index contributed by atoms with van der Waals surface area (Å²) in [5.41, 5.74) is 0. The van der Waals surface area contributed by atoms with Gasteiger partial charge >= 0.3 is 0 Å². The maximum Gasteiger partial charge on any atom is 0.152 e. The summed E-state index contributed by atoms with van der Waals surface area (Å²) in [4.78, 5) is 0. The van der Waals surface area contributed by atoms with Crippen LogP contribution in [0.4, 0.5) is 0 Å². The summed E-state index contributed by atoms with van der Waals surface area (Å²) < 4.78 is 18.0. The first-order valence-electron chi connectivity index (χ1n) is 2.06. The molecule has 2 nitrogen and oxygen atoms in total. The lowest BCUT2D eigenvalue weighted by Crippen LogP contribution is -2.06. The van der Waals surface area contributed by atoms with Gasteiger partial charge in [-0.15, -0.1) is 0 Å². The van der Waals surface area contributed by atoms with Gasteiger partial charge < -0.3 is 4.55 Å². The Morgan fingerprint density at radius 2 is 1.89 bits per heavy atom. The second-order valence-electron chi connectivity index (χ2n) is 1.39. The maximum absolute atomic E-state index is 10.1. The molecule has 0 aromatic heterocycles. The molecule has 0 spiro atoms. The van der Waals surface area contributed by atoms with Crippen molar-refractivity contribution in [2.24, 2.45) is 0 Å². The Hall–Kier alpha value is 1.55. The van der Waals surface area contributed by atoms with Gasteiger partial charge in [0, 0.05) is 0 Å². The molecule has 0 aliphatic heterocycles. The molecular weight excluding hydrogens is 340 g/mol. The molecule has 1 unspecified atom stereocenters. The highest BCUT2D eigenvalue weighted by atomic mass is 80.0. The molecule has 0 saturated carbocycles. The third-order valence-corrected chi connectivity index (χ3v) is 2.30. The van der Waals surface area contributed by atoms with Crippen LogP contribution in [0.3, 0.4) is 0 Å². The Kier molecular flexibility index (Phi) is 5.20. The van der Waals surface area contributed by atoms with Gasteiger partial charge in [0.2, 0.25) is 0 Å². The SMILES string of the molecule is O=S(O)CCC(Br)(Br)Br. The van der Waals surface area contributed by atoms with E-state index in [9.17, 15) is 4.21 Å². The summed E-state index contributed by atoms with van der Waals surface area (Å²) in [6.07, 6.45) is 0.552. The maximum atomic E-state index is 10.1. The zero-order chi connectivity index (χ0) is 7.49. The Morgan fingerprint density at radius 3 is 2.00 bits per heavy atom. The van der Waals surface area contributed by atoms with Crippen molar-refractivity contribution in [3.63, 3.8) is 0 Å². The second kappa shape index (κ2) is 4.43. The molecule has 56 valence electrons. The summed E-state index contributed by atoms with van der Waals surface area (Å²) in [6.45, 7) is 0. The number of hydrogen-bond acceptors (Lipinski definition) is 1. The second-order valence-corrected chi connectivity index (χ2v) is 9.70. The summed E-state index contributed by atoms with van der Waals surface area (Å²) in [5.74, 6) is 0.252. The van der Waals surface area contributed by atoms with Crippen molar-refractivity contribution in [1.29, 1.82) is 0 Å². The van der Waals surface area contributed by atoms with Gasteiger partial charge in [-0.1, -0.05) is 47.8 Å². The van der Waals surface area contributed by atoms with Crippen LogP contribution in [-0.4, -0.2) is 16.7 Å². The predicted octanol–water partition coefficient (Wildman–Crippen LogP) is 2.44. The van der Waals surface area contributed by atoms with Gasteiger partial charge in [0.25, 0.3) is 0 Å². The lowest BCUT2D eigenvalue weighted by atomic mass is 10.6. The van der Waals surface area contributed by atoms with Crippen molar-refractivity contribution in [2.75, 3.05) is 5.75 Å². The normalized spacial score (nSPS) is 15.6. The van der Waals surface area contributed by atoms with E-state index in [1.54, 1.807) is 0 Å². The van der Waals surface area contributed by atoms with E-state index in [1.807, 2.05) is 0 Å². The molecule has 0 aliphatic carbocycles. The predicted molar refractivity (Wildman–Crippen MR) is 49.8 cm³/mol. The van der Waals surface area contributed by atoms with E-state index in [4.69, 9.17) is 4.55 Å². The fourth-order valence-corrected chi connectivity index (χ4v) is 2.07. The highest BCUT2D eigenvalue weighted by Gasteiger charge is 2.17. The molecule has 0 fully saturated rings. The van der Waals surface area contributed by atoms with Gasteiger partial charge in [-0.3, -0.25) is 0 Å². The van der Waals surface area contributed by atoms with Crippen molar-refractivity contribution in [2.45, 2.75) is 8.56 Å². The number of rotatable bonds is 2. The average molecular weight is 345 g/mol. The quantitative estimate of drug-likeness (QED) is 0.617. The van der Waals surface area contributed by atoms with E-state index < -0.39 is 11.1 Å². The molecule has 6 heteroatoms. The van der Waals surface area contributed by atoms with Crippen LogP contribution in [0.1, 0.15) is 6.42 Å². The zero-order valence-electron chi connectivity index (χ0n) is 4.31. The van der Waals surface area contributed by atoms with E-state index in [0.717, 1.165) is 0 Å². The average Bonchev–Trinajstić information content (AvgIpc) is 1.59. The first kappa shape index (κ1) is 10.6. The van der Waals surface area contributed by atoms with E-state index >= 15 is 0 Å². The van der Waals surface area contributed by atoms with Gasteiger partial charge in [-0.05, 0) is 6.42 Å². The largest absolute Gasteiger partial charge is 0.306 e. The van der Waals surface area contributed by atoms with Gasteiger partial charge in [0.15, 0.2) is 11.1 Å². The molecule has 0 aromatic rings. The van der Waals surface area contributed by atoms with Gasteiger partial charge in [0.1, 0.15) is 2.14 Å². The molecule has 0 aromatic carbocycles. The third kappa shape index (κ3) is 9.55. The fraction of sp³-hybridized carbons (Fsp3) is 1.00. The highest BCUT2D eigenvalue weighted by Crippen LogP contribution is 2.36. The van der Waals surface area contributed by atoms with Crippen LogP contribution in [0, 0.1) is 0 Å². The summed E-state index contributed by atoms with van der Waals surface area (Å²) in [5, 5.41) is 0. The minimum absolute atomic E-state index is 0.252. The minimum Gasteiger partial charge on any atom is -0.306 e. The Morgan fingerprint density at radius 1 is 1.44 bits per heavy atom. The fourth-order valence-electron chi connectivity index (χ4n) is 0.203.